The number of carbonyl (C=O) groups excluding carboxylic acids is 1. The lowest BCUT2D eigenvalue weighted by Crippen LogP contribution is -2.31. The molecule has 1 aliphatic rings. The maximum atomic E-state index is 13.5. The molecule has 0 spiro atoms. The summed E-state index contributed by atoms with van der Waals surface area (Å²) in [6.07, 6.45) is -0.0221. The van der Waals surface area contributed by atoms with Gasteiger partial charge in [-0.3, -0.25) is 9.59 Å². The van der Waals surface area contributed by atoms with Gasteiger partial charge in [0.15, 0.2) is 0 Å². The molecule has 0 aliphatic carbocycles. The Morgan fingerprint density at radius 2 is 2.05 bits per heavy atom. The van der Waals surface area contributed by atoms with E-state index in [1.54, 1.807) is 18.2 Å². The first-order chi connectivity index (χ1) is 8.99. The van der Waals surface area contributed by atoms with E-state index in [1.807, 2.05) is 6.92 Å². The molecule has 1 aromatic rings. The molecule has 1 amide bonds. The standard InChI is InChI=1S/C14H16FNO3/c1-9-7-16(8-11(9)14(18)19)13(17)6-10-4-2-3-5-12(10)15/h2-5,9,11H,6-8H2,1H3,(H,18,19)/t9-,11-/m1/s1. The monoisotopic (exact) mass is 265 g/mol. The summed E-state index contributed by atoms with van der Waals surface area (Å²) in [5.41, 5.74) is 0.346. The lowest BCUT2D eigenvalue weighted by molar-refractivity contribution is -0.142. The number of aliphatic carboxylic acids is 1. The Bertz CT molecular complexity index is 503. The van der Waals surface area contributed by atoms with E-state index in [0.717, 1.165) is 0 Å². The van der Waals surface area contributed by atoms with Crippen LogP contribution >= 0.6 is 0 Å². The van der Waals surface area contributed by atoms with Gasteiger partial charge in [-0.25, -0.2) is 4.39 Å². The zero-order valence-corrected chi connectivity index (χ0v) is 10.7. The van der Waals surface area contributed by atoms with Crippen LogP contribution in [-0.4, -0.2) is 35.0 Å². The Morgan fingerprint density at radius 3 is 2.63 bits per heavy atom. The van der Waals surface area contributed by atoms with Crippen LogP contribution in [0.2, 0.25) is 0 Å². The third kappa shape index (κ3) is 2.92. The van der Waals surface area contributed by atoms with Crippen LogP contribution in [0.5, 0.6) is 0 Å². The summed E-state index contributed by atoms with van der Waals surface area (Å²) in [6.45, 7) is 2.45. The molecule has 19 heavy (non-hydrogen) atoms. The molecule has 2 atom stereocenters. The van der Waals surface area contributed by atoms with Gasteiger partial charge in [0.2, 0.25) is 5.91 Å². The zero-order valence-electron chi connectivity index (χ0n) is 10.7. The summed E-state index contributed by atoms with van der Waals surface area (Å²) in [7, 11) is 0. The van der Waals surface area contributed by atoms with Crippen molar-refractivity contribution in [2.24, 2.45) is 11.8 Å². The van der Waals surface area contributed by atoms with E-state index in [2.05, 4.69) is 0 Å². The fraction of sp³-hybridized carbons (Fsp3) is 0.429. The zero-order chi connectivity index (χ0) is 14.0. The summed E-state index contributed by atoms with van der Waals surface area (Å²) in [4.78, 5) is 24.6. The van der Waals surface area contributed by atoms with Gasteiger partial charge < -0.3 is 10.0 Å². The van der Waals surface area contributed by atoms with Crippen molar-refractivity contribution in [2.45, 2.75) is 13.3 Å². The molecule has 0 aromatic heterocycles. The van der Waals surface area contributed by atoms with Crippen molar-refractivity contribution in [1.29, 1.82) is 0 Å². The van der Waals surface area contributed by atoms with Crippen LogP contribution in [0.15, 0.2) is 24.3 Å². The molecule has 2 rings (SSSR count). The Morgan fingerprint density at radius 1 is 1.37 bits per heavy atom. The van der Waals surface area contributed by atoms with Crippen molar-refractivity contribution in [3.05, 3.63) is 35.6 Å². The van der Waals surface area contributed by atoms with Crippen molar-refractivity contribution in [3.63, 3.8) is 0 Å². The van der Waals surface area contributed by atoms with Crippen LogP contribution in [0, 0.1) is 17.7 Å². The lowest BCUT2D eigenvalue weighted by atomic mass is 9.99. The van der Waals surface area contributed by atoms with E-state index in [-0.39, 0.29) is 24.8 Å². The third-order valence-corrected chi connectivity index (χ3v) is 3.58. The highest BCUT2D eigenvalue weighted by atomic mass is 19.1. The maximum Gasteiger partial charge on any atom is 0.308 e. The summed E-state index contributed by atoms with van der Waals surface area (Å²) < 4.78 is 13.5. The van der Waals surface area contributed by atoms with Crippen molar-refractivity contribution < 1.29 is 19.1 Å². The van der Waals surface area contributed by atoms with Crippen molar-refractivity contribution in [1.82, 2.24) is 4.90 Å². The fourth-order valence-corrected chi connectivity index (χ4v) is 2.41. The van der Waals surface area contributed by atoms with Crippen LogP contribution in [0.4, 0.5) is 4.39 Å². The van der Waals surface area contributed by atoms with Crippen molar-refractivity contribution >= 4 is 11.9 Å². The van der Waals surface area contributed by atoms with E-state index >= 15 is 0 Å². The second kappa shape index (κ2) is 5.38. The number of carboxylic acids is 1. The van der Waals surface area contributed by atoms with Gasteiger partial charge in [-0.05, 0) is 17.5 Å². The summed E-state index contributed by atoms with van der Waals surface area (Å²) in [6, 6.07) is 6.14. The average Bonchev–Trinajstić information content (AvgIpc) is 2.74. The van der Waals surface area contributed by atoms with Crippen LogP contribution in [0.3, 0.4) is 0 Å². The first kappa shape index (κ1) is 13.5. The second-order valence-corrected chi connectivity index (χ2v) is 4.99. The van der Waals surface area contributed by atoms with Gasteiger partial charge in [-0.1, -0.05) is 25.1 Å². The number of halogens is 1. The summed E-state index contributed by atoms with van der Waals surface area (Å²) >= 11 is 0. The molecule has 1 N–H and O–H groups in total. The number of hydrogen-bond donors (Lipinski definition) is 1. The summed E-state index contributed by atoms with van der Waals surface area (Å²) in [5.74, 6) is -2.10. The predicted octanol–water partition coefficient (Wildman–Crippen LogP) is 1.55. The quantitative estimate of drug-likeness (QED) is 0.902. The Kier molecular flexibility index (Phi) is 3.83. The lowest BCUT2D eigenvalue weighted by Gasteiger charge is -2.16. The molecule has 1 fully saturated rings. The van der Waals surface area contributed by atoms with Crippen LogP contribution in [-0.2, 0) is 16.0 Å². The Hall–Kier alpha value is -1.91. The van der Waals surface area contributed by atoms with Crippen molar-refractivity contribution in [3.8, 4) is 0 Å². The highest BCUT2D eigenvalue weighted by Gasteiger charge is 2.36. The highest BCUT2D eigenvalue weighted by Crippen LogP contribution is 2.24. The SMILES string of the molecule is C[C@@H]1CN(C(=O)Cc2ccccc2F)C[C@H]1C(=O)O. The van der Waals surface area contributed by atoms with E-state index in [9.17, 15) is 14.0 Å². The molecule has 0 radical (unpaired) electrons. The van der Waals surface area contributed by atoms with E-state index in [0.29, 0.717) is 12.1 Å². The second-order valence-electron chi connectivity index (χ2n) is 4.99. The molecule has 1 aliphatic heterocycles. The van der Waals surface area contributed by atoms with Gasteiger partial charge in [-0.2, -0.15) is 0 Å². The van der Waals surface area contributed by atoms with Crippen molar-refractivity contribution in [2.75, 3.05) is 13.1 Å². The molecule has 0 bridgehead atoms. The van der Waals surface area contributed by atoms with Crippen LogP contribution in [0.25, 0.3) is 0 Å². The minimum Gasteiger partial charge on any atom is -0.481 e. The van der Waals surface area contributed by atoms with Gasteiger partial charge >= 0.3 is 5.97 Å². The number of nitrogens with zero attached hydrogens (tertiary/aromatic N) is 1. The fourth-order valence-electron chi connectivity index (χ4n) is 2.41. The Balaban J connectivity index is 2.02. The number of amides is 1. The minimum absolute atomic E-state index is 0.0221. The molecule has 0 unspecified atom stereocenters. The van der Waals surface area contributed by atoms with Gasteiger partial charge in [0, 0.05) is 13.1 Å². The van der Waals surface area contributed by atoms with Gasteiger partial charge in [-0.15, -0.1) is 0 Å². The van der Waals surface area contributed by atoms with Gasteiger partial charge in [0.25, 0.3) is 0 Å². The smallest absolute Gasteiger partial charge is 0.308 e. The number of carboxylic acid groups (broad SMARTS) is 1. The topological polar surface area (TPSA) is 57.6 Å². The molecule has 5 heteroatoms. The van der Waals surface area contributed by atoms with E-state index in [4.69, 9.17) is 5.11 Å². The highest BCUT2D eigenvalue weighted by molar-refractivity contribution is 5.81. The molecule has 0 saturated carbocycles. The van der Waals surface area contributed by atoms with Gasteiger partial charge in [0.05, 0.1) is 12.3 Å². The number of benzene rings is 1. The Labute approximate surface area is 110 Å². The van der Waals surface area contributed by atoms with E-state index < -0.39 is 17.7 Å². The molecular formula is C14H16FNO3. The number of hydrogen-bond acceptors (Lipinski definition) is 2. The normalized spacial score (nSPS) is 22.5. The third-order valence-electron chi connectivity index (χ3n) is 3.58. The molecule has 102 valence electrons. The predicted molar refractivity (Wildman–Crippen MR) is 67.0 cm³/mol. The van der Waals surface area contributed by atoms with Gasteiger partial charge in [0.1, 0.15) is 5.82 Å². The van der Waals surface area contributed by atoms with Crippen LogP contribution in [0.1, 0.15) is 12.5 Å². The summed E-state index contributed by atoms with van der Waals surface area (Å²) in [5, 5.41) is 9.02. The number of carbonyl (C=O) groups is 2. The first-order valence-corrected chi connectivity index (χ1v) is 6.23. The molecule has 4 nitrogen and oxygen atoms in total. The van der Waals surface area contributed by atoms with E-state index in [1.165, 1.54) is 11.0 Å². The number of likely N-dealkylation sites (tertiary alicyclic amines) is 1. The van der Waals surface area contributed by atoms with Crippen LogP contribution < -0.4 is 0 Å². The molecule has 1 heterocycles. The molecule has 1 aromatic carbocycles. The minimum atomic E-state index is -0.881. The first-order valence-electron chi connectivity index (χ1n) is 6.23. The maximum absolute atomic E-state index is 13.5. The number of rotatable bonds is 3. The average molecular weight is 265 g/mol. The molecule has 1 saturated heterocycles. The molecular weight excluding hydrogens is 249 g/mol. The largest absolute Gasteiger partial charge is 0.481 e.